The van der Waals surface area contributed by atoms with Crippen molar-refractivity contribution in [3.05, 3.63) is 42.0 Å². The molecule has 6 N–H and O–H groups in total. The number of nitrogens with zero attached hydrogens (tertiary/aromatic N) is 2. The van der Waals surface area contributed by atoms with Gasteiger partial charge in [-0.25, -0.2) is 9.59 Å². The molecule has 0 aliphatic carbocycles. The number of benzene rings is 1. The summed E-state index contributed by atoms with van der Waals surface area (Å²) in [6.45, 7) is 7.56. The Kier molecular flexibility index (Phi) is 15.0. The average molecular weight is 684 g/mol. The Hall–Kier alpha value is -4.95. The summed E-state index contributed by atoms with van der Waals surface area (Å²) < 4.78 is 5.42. The molecule has 1 saturated heterocycles. The van der Waals surface area contributed by atoms with Gasteiger partial charge < -0.3 is 36.6 Å². The van der Waals surface area contributed by atoms with Gasteiger partial charge in [0.1, 0.15) is 18.7 Å². The van der Waals surface area contributed by atoms with Crippen molar-refractivity contribution in [3.63, 3.8) is 0 Å². The molecule has 1 aromatic carbocycles. The Morgan fingerprint density at radius 2 is 1.63 bits per heavy atom. The quantitative estimate of drug-likeness (QED) is 0.114. The van der Waals surface area contributed by atoms with Crippen molar-refractivity contribution in [2.24, 2.45) is 17.6 Å². The zero-order valence-corrected chi connectivity index (χ0v) is 28.5. The number of amides is 8. The maximum absolute atomic E-state index is 13.4. The zero-order chi connectivity index (χ0) is 35.9. The van der Waals surface area contributed by atoms with Crippen LogP contribution in [0.15, 0.2) is 36.4 Å². The average Bonchev–Trinajstić information content (AvgIpc) is 3.64. The van der Waals surface area contributed by atoms with Crippen LogP contribution in [0, 0.1) is 11.8 Å². The second kappa shape index (κ2) is 19.1. The number of carbonyl (C=O) groups is 7. The molecule has 1 fully saturated rings. The normalized spacial score (nSPS) is 16.8. The summed E-state index contributed by atoms with van der Waals surface area (Å²) in [5, 5.41) is 10.8. The number of imide groups is 1. The van der Waals surface area contributed by atoms with E-state index in [-0.39, 0.29) is 62.3 Å². The molecule has 15 heteroatoms. The van der Waals surface area contributed by atoms with Gasteiger partial charge in [0.15, 0.2) is 0 Å². The summed E-state index contributed by atoms with van der Waals surface area (Å²) >= 11 is 0. The summed E-state index contributed by atoms with van der Waals surface area (Å²) in [5.41, 5.74) is 6.35. The first kappa shape index (κ1) is 38.5. The molecule has 3 rings (SSSR count). The summed E-state index contributed by atoms with van der Waals surface area (Å²) in [5.74, 6) is -1.89. The minimum Gasteiger partial charge on any atom is -0.445 e. The van der Waals surface area contributed by atoms with Crippen LogP contribution in [0.25, 0.3) is 0 Å². The van der Waals surface area contributed by atoms with Crippen LogP contribution in [-0.4, -0.2) is 89.7 Å². The van der Waals surface area contributed by atoms with Crippen LogP contribution in [0.2, 0.25) is 0 Å². The van der Waals surface area contributed by atoms with Crippen molar-refractivity contribution >= 4 is 47.3 Å². The SMILES string of the molecule is CC(C)[C@H](NC(=O)CCCCCN1C(=O)C=CC1=O)C(=O)N[C@@H](CCCNC(N)=O)C(=O)Nc1ccc(COC(=O)N2CC[C@@H](C)C2)cc1. The third-order valence-electron chi connectivity index (χ3n) is 8.32. The zero-order valence-electron chi connectivity index (χ0n) is 28.5. The van der Waals surface area contributed by atoms with Gasteiger partial charge >= 0.3 is 12.1 Å². The number of hydrogen-bond acceptors (Lipinski definition) is 8. The molecule has 2 aliphatic rings. The number of urea groups is 1. The van der Waals surface area contributed by atoms with Crippen LogP contribution in [0.1, 0.15) is 71.3 Å². The molecule has 0 radical (unpaired) electrons. The molecule has 2 heterocycles. The highest BCUT2D eigenvalue weighted by Crippen LogP contribution is 2.17. The molecule has 0 spiro atoms. The highest BCUT2D eigenvalue weighted by molar-refractivity contribution is 6.12. The van der Waals surface area contributed by atoms with Crippen molar-refractivity contribution in [1.29, 1.82) is 0 Å². The Balaban J connectivity index is 1.51. The van der Waals surface area contributed by atoms with Gasteiger partial charge in [0.05, 0.1) is 0 Å². The van der Waals surface area contributed by atoms with Crippen LogP contribution < -0.4 is 27.0 Å². The van der Waals surface area contributed by atoms with Gasteiger partial charge in [0.25, 0.3) is 11.8 Å². The van der Waals surface area contributed by atoms with Crippen molar-refractivity contribution in [2.45, 2.75) is 84.4 Å². The van der Waals surface area contributed by atoms with Crippen molar-refractivity contribution in [3.8, 4) is 0 Å². The van der Waals surface area contributed by atoms with Gasteiger partial charge in [-0.3, -0.25) is 28.9 Å². The molecular weight excluding hydrogens is 634 g/mol. The highest BCUT2D eigenvalue weighted by Gasteiger charge is 2.29. The van der Waals surface area contributed by atoms with E-state index in [0.29, 0.717) is 50.4 Å². The van der Waals surface area contributed by atoms with Crippen LogP contribution >= 0.6 is 0 Å². The number of primary amides is 1. The van der Waals surface area contributed by atoms with E-state index < -0.39 is 29.9 Å². The van der Waals surface area contributed by atoms with Crippen LogP contribution in [-0.2, 0) is 35.3 Å². The Morgan fingerprint density at radius 3 is 2.24 bits per heavy atom. The van der Waals surface area contributed by atoms with E-state index in [2.05, 4.69) is 28.2 Å². The molecule has 8 amide bonds. The largest absolute Gasteiger partial charge is 0.445 e. The summed E-state index contributed by atoms with van der Waals surface area (Å²) in [4.78, 5) is 89.1. The molecule has 2 aliphatic heterocycles. The maximum Gasteiger partial charge on any atom is 0.410 e. The molecule has 0 bridgehead atoms. The summed E-state index contributed by atoms with van der Waals surface area (Å²) in [7, 11) is 0. The lowest BCUT2D eigenvalue weighted by molar-refractivity contribution is -0.137. The number of likely N-dealkylation sites (tertiary alicyclic amines) is 1. The maximum atomic E-state index is 13.4. The van der Waals surface area contributed by atoms with Gasteiger partial charge in [0, 0.05) is 50.4 Å². The number of nitrogens with one attached hydrogen (secondary N) is 4. The monoisotopic (exact) mass is 683 g/mol. The number of ether oxygens (including phenoxy) is 1. The molecule has 0 unspecified atom stereocenters. The lowest BCUT2D eigenvalue weighted by atomic mass is 10.0. The Morgan fingerprint density at radius 1 is 0.939 bits per heavy atom. The van der Waals surface area contributed by atoms with Gasteiger partial charge in [-0.15, -0.1) is 0 Å². The first-order valence-electron chi connectivity index (χ1n) is 16.8. The van der Waals surface area contributed by atoms with Gasteiger partial charge in [-0.1, -0.05) is 39.3 Å². The molecule has 268 valence electrons. The number of nitrogens with two attached hydrogens (primary N) is 1. The second-order valence-electron chi connectivity index (χ2n) is 12.8. The smallest absolute Gasteiger partial charge is 0.410 e. The fourth-order valence-electron chi connectivity index (χ4n) is 5.46. The van der Waals surface area contributed by atoms with Crippen molar-refractivity contribution in [1.82, 2.24) is 25.8 Å². The second-order valence-corrected chi connectivity index (χ2v) is 12.8. The van der Waals surface area contributed by atoms with E-state index in [1.54, 1.807) is 43.0 Å². The van der Waals surface area contributed by atoms with Gasteiger partial charge in [-0.2, -0.15) is 0 Å². The minimum atomic E-state index is -0.991. The fraction of sp³-hybridized carbons (Fsp3) is 0.559. The van der Waals surface area contributed by atoms with Crippen LogP contribution in [0.5, 0.6) is 0 Å². The Bertz CT molecular complexity index is 1360. The summed E-state index contributed by atoms with van der Waals surface area (Å²) in [6.07, 6.45) is 5.38. The van der Waals surface area contributed by atoms with Crippen LogP contribution in [0.4, 0.5) is 15.3 Å². The third-order valence-corrected chi connectivity index (χ3v) is 8.32. The van der Waals surface area contributed by atoms with E-state index in [1.807, 2.05) is 0 Å². The fourth-order valence-corrected chi connectivity index (χ4v) is 5.46. The number of anilines is 1. The predicted octanol–water partition coefficient (Wildman–Crippen LogP) is 2.16. The van der Waals surface area contributed by atoms with E-state index in [4.69, 9.17) is 10.5 Å². The minimum absolute atomic E-state index is 0.0874. The first-order valence-corrected chi connectivity index (χ1v) is 16.8. The van der Waals surface area contributed by atoms with E-state index in [9.17, 15) is 33.6 Å². The molecular formula is C34H49N7O8. The Labute approximate surface area is 286 Å². The lowest BCUT2D eigenvalue weighted by Crippen LogP contribution is -2.54. The molecule has 3 atom stereocenters. The van der Waals surface area contributed by atoms with Crippen LogP contribution in [0.3, 0.4) is 0 Å². The first-order chi connectivity index (χ1) is 23.3. The van der Waals surface area contributed by atoms with E-state index in [1.165, 1.54) is 12.2 Å². The number of carbonyl (C=O) groups excluding carboxylic acids is 7. The standard InChI is InChI=1S/C34H49N7O8/c1-22(2)30(39-27(42)9-5-4-6-18-41-28(43)14-15-29(41)44)32(46)38-26(8-7-17-36-33(35)47)31(45)37-25-12-10-24(11-13-25)21-49-34(48)40-19-16-23(3)20-40/h10-15,22-23,26,30H,4-9,16-21H2,1-3H3,(H,37,45)(H,38,46)(H,39,42)(H3,35,36,47)/t23-,26+,30+/m1/s1. The van der Waals surface area contributed by atoms with Gasteiger partial charge in [0.2, 0.25) is 17.7 Å². The third kappa shape index (κ3) is 12.9. The van der Waals surface area contributed by atoms with Crippen molar-refractivity contribution in [2.75, 3.05) is 31.5 Å². The molecule has 1 aromatic rings. The summed E-state index contributed by atoms with van der Waals surface area (Å²) in [6, 6.07) is 4.18. The molecule has 0 aromatic heterocycles. The van der Waals surface area contributed by atoms with Gasteiger partial charge in [-0.05, 0) is 61.6 Å². The highest BCUT2D eigenvalue weighted by atomic mass is 16.6. The number of hydrogen-bond donors (Lipinski definition) is 5. The lowest BCUT2D eigenvalue weighted by Gasteiger charge is -2.25. The number of rotatable bonds is 18. The van der Waals surface area contributed by atoms with E-state index >= 15 is 0 Å². The molecule has 0 saturated carbocycles. The van der Waals surface area contributed by atoms with Crippen molar-refractivity contribution < 1.29 is 38.3 Å². The molecule has 15 nitrogen and oxygen atoms in total. The van der Waals surface area contributed by atoms with E-state index in [0.717, 1.165) is 16.9 Å². The predicted molar refractivity (Wildman–Crippen MR) is 180 cm³/mol. The molecule has 49 heavy (non-hydrogen) atoms. The number of unbranched alkanes of at least 4 members (excludes halogenated alkanes) is 2. The topological polar surface area (TPSA) is 209 Å².